The molecule has 2 unspecified atom stereocenters. The van der Waals surface area contributed by atoms with E-state index in [-0.39, 0.29) is 12.1 Å². The summed E-state index contributed by atoms with van der Waals surface area (Å²) in [5.74, 6) is 0.0196. The molecule has 0 bridgehead atoms. The van der Waals surface area contributed by atoms with Crippen LogP contribution in [0.25, 0.3) is 0 Å². The quantitative estimate of drug-likeness (QED) is 0.568. The molecule has 2 fully saturated rings. The third-order valence-electron chi connectivity index (χ3n) is 5.55. The Labute approximate surface area is 170 Å². The zero-order chi connectivity index (χ0) is 20.8. The molecular weight excluding hydrogens is 374 g/mol. The van der Waals surface area contributed by atoms with Crippen LogP contribution >= 0.6 is 0 Å². The Morgan fingerprint density at radius 1 is 1.07 bits per heavy atom. The Bertz CT molecular complexity index is 834. The number of piperidine rings is 1. The van der Waals surface area contributed by atoms with Crippen LogP contribution in [0.1, 0.15) is 33.6 Å². The lowest BCUT2D eigenvalue weighted by atomic mass is 10.0. The largest absolute Gasteiger partial charge is 0.486 e. The zero-order valence-electron chi connectivity index (χ0n) is 17.1. The highest BCUT2D eigenvalue weighted by Crippen LogP contribution is 2.32. The number of rotatable bonds is 3. The molecule has 29 heavy (non-hydrogen) atoms. The molecule has 0 aliphatic carbocycles. The van der Waals surface area contributed by atoms with Crippen molar-refractivity contribution >= 4 is 17.8 Å². The van der Waals surface area contributed by atoms with E-state index in [1.807, 2.05) is 24.3 Å². The summed E-state index contributed by atoms with van der Waals surface area (Å²) in [7, 11) is 0. The molecular formula is C21H27N3O5. The summed E-state index contributed by atoms with van der Waals surface area (Å²) in [5.41, 5.74) is -0.729. The molecule has 0 spiro atoms. The van der Waals surface area contributed by atoms with E-state index in [0.29, 0.717) is 26.1 Å². The number of para-hydroxylation sites is 2. The van der Waals surface area contributed by atoms with Crippen molar-refractivity contribution in [3.8, 4) is 11.5 Å². The average molecular weight is 401 g/mol. The van der Waals surface area contributed by atoms with E-state index < -0.39 is 23.4 Å². The molecule has 1 aromatic carbocycles. The molecule has 4 rings (SSSR count). The Morgan fingerprint density at radius 3 is 2.48 bits per heavy atom. The van der Waals surface area contributed by atoms with Crippen LogP contribution in [0.15, 0.2) is 24.3 Å². The topological polar surface area (TPSA) is 79.4 Å². The number of fused-ring (bicyclic) bond motifs is 1. The van der Waals surface area contributed by atoms with Crippen LogP contribution in [0.2, 0.25) is 0 Å². The van der Waals surface area contributed by atoms with Gasteiger partial charge in [-0.15, -0.1) is 0 Å². The molecule has 3 heterocycles. The molecule has 156 valence electrons. The maximum Gasteiger partial charge on any atom is 0.335 e. The Morgan fingerprint density at radius 2 is 1.79 bits per heavy atom. The summed E-state index contributed by atoms with van der Waals surface area (Å²) in [6.07, 6.45) is 1.42. The molecule has 0 saturated carbocycles. The first-order valence-electron chi connectivity index (χ1n) is 10.1. The SMILES string of the molecule is CC(C)(C)N1C(=O)C(=O)N(C2CCCN(CC3COc4ccccc4O3)C2)C1=O. The lowest BCUT2D eigenvalue weighted by molar-refractivity contribution is -0.145. The second-order valence-corrected chi connectivity index (χ2v) is 8.82. The number of carbonyl (C=O) groups is 3. The van der Waals surface area contributed by atoms with Gasteiger partial charge < -0.3 is 9.47 Å². The molecule has 2 atom stereocenters. The van der Waals surface area contributed by atoms with E-state index >= 15 is 0 Å². The summed E-state index contributed by atoms with van der Waals surface area (Å²) in [5, 5.41) is 0. The van der Waals surface area contributed by atoms with E-state index in [1.165, 1.54) is 0 Å². The number of carbonyl (C=O) groups excluding carboxylic acids is 3. The van der Waals surface area contributed by atoms with Crippen LogP contribution in [0.5, 0.6) is 11.5 Å². The van der Waals surface area contributed by atoms with Crippen molar-refractivity contribution in [1.82, 2.24) is 14.7 Å². The molecule has 2 saturated heterocycles. The van der Waals surface area contributed by atoms with Gasteiger partial charge in [0, 0.05) is 18.6 Å². The van der Waals surface area contributed by atoms with Gasteiger partial charge in [0.25, 0.3) is 0 Å². The number of benzene rings is 1. The van der Waals surface area contributed by atoms with Crippen molar-refractivity contribution in [1.29, 1.82) is 0 Å². The van der Waals surface area contributed by atoms with Crippen molar-refractivity contribution < 1.29 is 23.9 Å². The Balaban J connectivity index is 1.42. The predicted octanol–water partition coefficient (Wildman–Crippen LogP) is 1.88. The maximum atomic E-state index is 12.9. The van der Waals surface area contributed by atoms with Crippen LogP contribution in [0.4, 0.5) is 4.79 Å². The molecule has 8 nitrogen and oxygen atoms in total. The van der Waals surface area contributed by atoms with Crippen LogP contribution in [-0.2, 0) is 9.59 Å². The monoisotopic (exact) mass is 401 g/mol. The van der Waals surface area contributed by atoms with Gasteiger partial charge in [0.15, 0.2) is 11.5 Å². The minimum Gasteiger partial charge on any atom is -0.486 e. The van der Waals surface area contributed by atoms with Gasteiger partial charge in [0.05, 0.1) is 6.04 Å². The predicted molar refractivity (Wildman–Crippen MR) is 105 cm³/mol. The average Bonchev–Trinajstić information content (AvgIpc) is 2.90. The number of urea groups is 1. The van der Waals surface area contributed by atoms with E-state index in [4.69, 9.17) is 9.47 Å². The number of nitrogens with zero attached hydrogens (tertiary/aromatic N) is 3. The molecule has 0 radical (unpaired) electrons. The number of amides is 4. The van der Waals surface area contributed by atoms with E-state index in [0.717, 1.165) is 34.3 Å². The second-order valence-electron chi connectivity index (χ2n) is 8.82. The Hall–Kier alpha value is -2.61. The lowest BCUT2D eigenvalue weighted by Crippen LogP contribution is -2.54. The van der Waals surface area contributed by atoms with E-state index in [1.54, 1.807) is 20.8 Å². The van der Waals surface area contributed by atoms with Gasteiger partial charge in [-0.2, -0.15) is 0 Å². The number of hydrogen-bond acceptors (Lipinski definition) is 6. The minimum absolute atomic E-state index is 0.124. The highest BCUT2D eigenvalue weighted by Gasteiger charge is 2.52. The smallest absolute Gasteiger partial charge is 0.335 e. The van der Waals surface area contributed by atoms with E-state index in [2.05, 4.69) is 4.90 Å². The minimum atomic E-state index is -0.736. The first kappa shape index (κ1) is 19.7. The molecule has 4 amide bonds. The standard InChI is InChI=1S/C21H27N3O5/c1-21(2,3)24-19(26)18(25)23(20(24)27)14-7-6-10-22(11-14)12-15-13-28-16-8-4-5-9-17(16)29-15/h4-5,8-9,14-15H,6-7,10-13H2,1-3H3. The van der Waals surface area contributed by atoms with Crippen LogP contribution < -0.4 is 9.47 Å². The van der Waals surface area contributed by atoms with Gasteiger partial charge in [0.2, 0.25) is 0 Å². The summed E-state index contributed by atoms with van der Waals surface area (Å²) in [4.78, 5) is 42.2. The van der Waals surface area contributed by atoms with Crippen LogP contribution in [-0.4, -0.2) is 76.5 Å². The number of ether oxygens (including phenoxy) is 2. The normalized spacial score (nSPS) is 25.7. The molecule has 8 heteroatoms. The second kappa shape index (κ2) is 7.33. The van der Waals surface area contributed by atoms with Gasteiger partial charge in [-0.1, -0.05) is 12.1 Å². The summed E-state index contributed by atoms with van der Waals surface area (Å²) < 4.78 is 11.8. The number of hydrogen-bond donors (Lipinski definition) is 0. The number of imide groups is 2. The van der Waals surface area contributed by atoms with Crippen molar-refractivity contribution in [2.24, 2.45) is 0 Å². The van der Waals surface area contributed by atoms with Gasteiger partial charge in [-0.3, -0.25) is 24.3 Å². The first-order chi connectivity index (χ1) is 13.8. The first-order valence-corrected chi connectivity index (χ1v) is 10.1. The highest BCUT2D eigenvalue weighted by molar-refractivity contribution is 6.45. The van der Waals surface area contributed by atoms with Crippen molar-refractivity contribution in [3.63, 3.8) is 0 Å². The highest BCUT2D eigenvalue weighted by atomic mass is 16.6. The van der Waals surface area contributed by atoms with Gasteiger partial charge in [-0.05, 0) is 52.3 Å². The van der Waals surface area contributed by atoms with Crippen molar-refractivity contribution in [2.75, 3.05) is 26.2 Å². The number of likely N-dealkylation sites (tertiary alicyclic amines) is 1. The fourth-order valence-corrected chi connectivity index (χ4v) is 4.24. The molecule has 0 N–H and O–H groups in total. The molecule has 0 aromatic heterocycles. The third-order valence-corrected chi connectivity index (χ3v) is 5.55. The lowest BCUT2D eigenvalue weighted by Gasteiger charge is -2.38. The summed E-state index contributed by atoms with van der Waals surface area (Å²) in [6.45, 7) is 7.74. The fraction of sp³-hybridized carbons (Fsp3) is 0.571. The summed E-state index contributed by atoms with van der Waals surface area (Å²) >= 11 is 0. The van der Waals surface area contributed by atoms with Crippen LogP contribution in [0.3, 0.4) is 0 Å². The van der Waals surface area contributed by atoms with Crippen LogP contribution in [0, 0.1) is 0 Å². The van der Waals surface area contributed by atoms with Gasteiger partial charge in [0.1, 0.15) is 12.7 Å². The Kier molecular flexibility index (Phi) is 4.98. The van der Waals surface area contributed by atoms with Gasteiger partial charge >= 0.3 is 17.8 Å². The summed E-state index contributed by atoms with van der Waals surface area (Å²) in [6, 6.07) is 6.76. The zero-order valence-corrected chi connectivity index (χ0v) is 17.1. The molecule has 3 aliphatic rings. The van der Waals surface area contributed by atoms with Crippen molar-refractivity contribution in [3.05, 3.63) is 24.3 Å². The van der Waals surface area contributed by atoms with E-state index in [9.17, 15) is 14.4 Å². The molecule has 3 aliphatic heterocycles. The maximum absolute atomic E-state index is 12.9. The fourth-order valence-electron chi connectivity index (χ4n) is 4.24. The van der Waals surface area contributed by atoms with Gasteiger partial charge in [-0.25, -0.2) is 4.79 Å². The molecule has 1 aromatic rings. The van der Waals surface area contributed by atoms with Crippen molar-refractivity contribution in [2.45, 2.75) is 51.3 Å². The third kappa shape index (κ3) is 3.69.